The van der Waals surface area contributed by atoms with Crippen LogP contribution in [0.4, 0.5) is 0 Å². The molecule has 0 bridgehead atoms. The van der Waals surface area contributed by atoms with Crippen molar-refractivity contribution < 1.29 is 13.2 Å². The summed E-state index contributed by atoms with van der Waals surface area (Å²) in [4.78, 5) is 0.0350. The Bertz CT molecular complexity index is 717. The number of benzene rings is 2. The molecule has 1 atom stereocenters. The first-order valence-corrected chi connectivity index (χ1v) is 8.21. The number of hydrogen-bond acceptors (Lipinski definition) is 3. The monoisotopic (exact) mass is 325 g/mol. The van der Waals surface area contributed by atoms with Crippen LogP contribution in [-0.4, -0.2) is 15.5 Å². The fraction of sp³-hybridized carbons (Fsp3) is 0.200. The van der Waals surface area contributed by atoms with Crippen LogP contribution in [0.2, 0.25) is 5.02 Å². The molecule has 21 heavy (non-hydrogen) atoms. The van der Waals surface area contributed by atoms with Crippen molar-refractivity contribution in [1.29, 1.82) is 0 Å². The third-order valence-corrected chi connectivity index (χ3v) is 5.08. The quantitative estimate of drug-likeness (QED) is 0.916. The van der Waals surface area contributed by atoms with E-state index in [1.807, 2.05) is 30.3 Å². The van der Waals surface area contributed by atoms with E-state index in [9.17, 15) is 8.42 Å². The van der Waals surface area contributed by atoms with Gasteiger partial charge in [-0.15, -0.1) is 0 Å². The molecule has 6 heteroatoms. The van der Waals surface area contributed by atoms with Crippen molar-refractivity contribution in [2.45, 2.75) is 17.9 Å². The summed E-state index contributed by atoms with van der Waals surface area (Å²) >= 11 is 6.02. The van der Waals surface area contributed by atoms with Crippen molar-refractivity contribution >= 4 is 21.6 Å². The average molecular weight is 326 g/mol. The van der Waals surface area contributed by atoms with Crippen LogP contribution >= 0.6 is 11.6 Å². The minimum atomic E-state index is -3.70. The molecular formula is C15H16ClNO3S. The van der Waals surface area contributed by atoms with E-state index in [1.54, 1.807) is 13.0 Å². The summed E-state index contributed by atoms with van der Waals surface area (Å²) in [6.07, 6.45) is 0. The number of hydrogen-bond donors (Lipinski definition) is 1. The fourth-order valence-corrected chi connectivity index (χ4v) is 3.70. The van der Waals surface area contributed by atoms with Crippen LogP contribution in [0.3, 0.4) is 0 Å². The van der Waals surface area contributed by atoms with E-state index in [1.165, 1.54) is 19.2 Å². The Morgan fingerprint density at radius 2 is 1.81 bits per heavy atom. The Morgan fingerprint density at radius 1 is 1.14 bits per heavy atom. The molecule has 112 valence electrons. The summed E-state index contributed by atoms with van der Waals surface area (Å²) in [5.74, 6) is 0.509. The van der Waals surface area contributed by atoms with Gasteiger partial charge >= 0.3 is 0 Å². The summed E-state index contributed by atoms with van der Waals surface area (Å²) in [6.45, 7) is 1.78. The van der Waals surface area contributed by atoms with Gasteiger partial charge in [-0.25, -0.2) is 13.1 Å². The first-order chi connectivity index (χ1) is 9.94. The maximum atomic E-state index is 12.4. The lowest BCUT2D eigenvalue weighted by Gasteiger charge is -2.15. The lowest BCUT2D eigenvalue weighted by molar-refractivity contribution is 0.414. The van der Waals surface area contributed by atoms with Gasteiger partial charge in [-0.1, -0.05) is 41.9 Å². The molecule has 0 fully saturated rings. The number of nitrogens with one attached hydrogen (secondary N) is 1. The fourth-order valence-electron chi connectivity index (χ4n) is 1.93. The summed E-state index contributed by atoms with van der Waals surface area (Å²) in [7, 11) is -2.21. The van der Waals surface area contributed by atoms with Crippen LogP contribution in [0, 0.1) is 0 Å². The molecule has 2 aromatic carbocycles. The minimum absolute atomic E-state index is 0.0350. The molecule has 0 saturated heterocycles. The third kappa shape index (κ3) is 3.75. The summed E-state index contributed by atoms with van der Waals surface area (Å²) in [5.41, 5.74) is 0.880. The van der Waals surface area contributed by atoms with Crippen molar-refractivity contribution in [2.24, 2.45) is 0 Å². The van der Waals surface area contributed by atoms with E-state index in [0.29, 0.717) is 5.75 Å². The second-order valence-corrected chi connectivity index (χ2v) is 6.64. The molecule has 0 aliphatic carbocycles. The molecule has 0 spiro atoms. The third-order valence-electron chi connectivity index (χ3n) is 3.06. The highest BCUT2D eigenvalue weighted by atomic mass is 35.5. The standard InChI is InChI=1S/C15H16ClNO3S/c1-11(12-6-4-3-5-7-12)17-21(18,19)15-9-8-13(20-2)10-14(15)16/h3-11,17H,1-2H3. The second kappa shape index (κ2) is 6.47. The Balaban J connectivity index is 2.26. The van der Waals surface area contributed by atoms with E-state index in [4.69, 9.17) is 16.3 Å². The van der Waals surface area contributed by atoms with Gasteiger partial charge in [0.1, 0.15) is 10.6 Å². The minimum Gasteiger partial charge on any atom is -0.497 e. The molecule has 0 aliphatic rings. The van der Waals surface area contributed by atoms with Gasteiger partial charge in [0.15, 0.2) is 0 Å². The van der Waals surface area contributed by atoms with E-state index in [-0.39, 0.29) is 16.0 Å². The number of rotatable bonds is 5. The molecule has 0 amide bonds. The number of halogens is 1. The van der Waals surface area contributed by atoms with Crippen molar-refractivity contribution in [3.63, 3.8) is 0 Å². The van der Waals surface area contributed by atoms with Crippen LogP contribution in [-0.2, 0) is 10.0 Å². The second-order valence-electron chi connectivity index (χ2n) is 4.55. The predicted molar refractivity (Wildman–Crippen MR) is 83.2 cm³/mol. The zero-order valence-electron chi connectivity index (χ0n) is 11.7. The lowest BCUT2D eigenvalue weighted by atomic mass is 10.1. The van der Waals surface area contributed by atoms with Crippen LogP contribution in [0.1, 0.15) is 18.5 Å². The Labute approximate surface area is 129 Å². The zero-order valence-corrected chi connectivity index (χ0v) is 13.3. The van der Waals surface area contributed by atoms with Gasteiger partial charge in [0, 0.05) is 12.1 Å². The van der Waals surface area contributed by atoms with Gasteiger partial charge in [-0.3, -0.25) is 0 Å². The Morgan fingerprint density at radius 3 is 2.38 bits per heavy atom. The highest BCUT2D eigenvalue weighted by Gasteiger charge is 2.21. The molecule has 1 unspecified atom stereocenters. The smallest absolute Gasteiger partial charge is 0.242 e. The van der Waals surface area contributed by atoms with Gasteiger partial charge in [-0.05, 0) is 24.6 Å². The first-order valence-electron chi connectivity index (χ1n) is 6.35. The molecule has 0 saturated carbocycles. The summed E-state index contributed by atoms with van der Waals surface area (Å²) in [5, 5.41) is 0.127. The number of ether oxygens (including phenoxy) is 1. The molecule has 2 rings (SSSR count). The zero-order chi connectivity index (χ0) is 15.5. The highest BCUT2D eigenvalue weighted by molar-refractivity contribution is 7.89. The molecular weight excluding hydrogens is 310 g/mol. The van der Waals surface area contributed by atoms with E-state index >= 15 is 0 Å². The van der Waals surface area contributed by atoms with Crippen molar-refractivity contribution in [3.8, 4) is 5.75 Å². The van der Waals surface area contributed by atoms with Crippen LogP contribution in [0.25, 0.3) is 0 Å². The number of sulfonamides is 1. The maximum Gasteiger partial charge on any atom is 0.242 e. The normalized spacial score (nSPS) is 12.9. The molecule has 0 aliphatic heterocycles. The highest BCUT2D eigenvalue weighted by Crippen LogP contribution is 2.27. The topological polar surface area (TPSA) is 55.4 Å². The van der Waals surface area contributed by atoms with Gasteiger partial charge in [0.05, 0.1) is 12.1 Å². The van der Waals surface area contributed by atoms with Crippen molar-refractivity contribution in [1.82, 2.24) is 4.72 Å². The first kappa shape index (κ1) is 15.8. The maximum absolute atomic E-state index is 12.4. The van der Waals surface area contributed by atoms with Crippen LogP contribution in [0.5, 0.6) is 5.75 Å². The molecule has 1 N–H and O–H groups in total. The van der Waals surface area contributed by atoms with Crippen molar-refractivity contribution in [3.05, 3.63) is 59.1 Å². The van der Waals surface area contributed by atoms with Gasteiger partial charge in [0.2, 0.25) is 10.0 Å². The van der Waals surface area contributed by atoms with Crippen LogP contribution < -0.4 is 9.46 Å². The van der Waals surface area contributed by atoms with Gasteiger partial charge in [-0.2, -0.15) is 0 Å². The summed E-state index contributed by atoms with van der Waals surface area (Å²) < 4.78 is 32.4. The SMILES string of the molecule is COc1ccc(S(=O)(=O)NC(C)c2ccccc2)c(Cl)c1. The lowest BCUT2D eigenvalue weighted by Crippen LogP contribution is -2.27. The molecule has 0 radical (unpaired) electrons. The summed E-state index contributed by atoms with van der Waals surface area (Å²) in [6, 6.07) is 13.4. The van der Waals surface area contributed by atoms with Gasteiger partial charge < -0.3 is 4.74 Å². The van der Waals surface area contributed by atoms with Crippen LogP contribution in [0.15, 0.2) is 53.4 Å². The Hall–Kier alpha value is -1.56. The Kier molecular flexibility index (Phi) is 4.88. The van der Waals surface area contributed by atoms with Crippen molar-refractivity contribution in [2.75, 3.05) is 7.11 Å². The average Bonchev–Trinajstić information content (AvgIpc) is 2.47. The molecule has 4 nitrogen and oxygen atoms in total. The molecule has 0 aromatic heterocycles. The largest absolute Gasteiger partial charge is 0.497 e. The molecule has 2 aromatic rings. The van der Waals surface area contributed by atoms with Gasteiger partial charge in [0.25, 0.3) is 0 Å². The van der Waals surface area contributed by atoms with E-state index < -0.39 is 10.0 Å². The predicted octanol–water partition coefficient (Wildman–Crippen LogP) is 3.39. The van der Waals surface area contributed by atoms with E-state index in [2.05, 4.69) is 4.72 Å². The van der Waals surface area contributed by atoms with E-state index in [0.717, 1.165) is 5.56 Å². The number of methoxy groups -OCH3 is 1. The molecule has 0 heterocycles.